The van der Waals surface area contributed by atoms with Gasteiger partial charge in [-0.15, -0.1) is 11.3 Å². The Morgan fingerprint density at radius 3 is 2.50 bits per heavy atom. The lowest BCUT2D eigenvalue weighted by atomic mass is 10.1. The lowest BCUT2D eigenvalue weighted by Gasteiger charge is -2.05. The topological polar surface area (TPSA) is 67.5 Å². The third kappa shape index (κ3) is 2.55. The maximum atomic E-state index is 11.1. The number of carboxylic acids is 1. The predicted molar refractivity (Wildman–Crippen MR) is 93.7 cm³/mol. The molecule has 0 fully saturated rings. The number of fused-ring (bicyclic) bond motifs is 1. The summed E-state index contributed by atoms with van der Waals surface area (Å²) in [5.41, 5.74) is 3.25. The highest BCUT2D eigenvalue weighted by Gasteiger charge is 2.13. The van der Waals surface area contributed by atoms with Crippen molar-refractivity contribution >= 4 is 34.6 Å². The van der Waals surface area contributed by atoms with E-state index in [1.807, 2.05) is 42.5 Å². The largest absolute Gasteiger partial charge is 0.476 e. The number of carbonyl (C=O) groups is 1. The lowest BCUT2D eigenvalue weighted by Crippen LogP contribution is -1.99. The van der Waals surface area contributed by atoms with Gasteiger partial charge in [0, 0.05) is 22.7 Å². The molecule has 7 heteroatoms. The molecular formula is C17H10ClN3O2S. The summed E-state index contributed by atoms with van der Waals surface area (Å²) in [6, 6.07) is 15.1. The number of nitrogens with zero attached hydrogens (tertiary/aromatic N) is 3. The Morgan fingerprint density at radius 1 is 1.08 bits per heavy atom. The molecule has 0 aliphatic heterocycles. The third-order valence-electron chi connectivity index (χ3n) is 3.62. The Hall–Kier alpha value is -2.70. The molecule has 4 rings (SSSR count). The molecule has 0 spiro atoms. The molecule has 0 saturated heterocycles. The average molecular weight is 356 g/mol. The highest BCUT2D eigenvalue weighted by Crippen LogP contribution is 2.32. The van der Waals surface area contributed by atoms with Crippen LogP contribution in [0.15, 0.2) is 54.7 Å². The van der Waals surface area contributed by atoms with Crippen LogP contribution in [-0.4, -0.2) is 25.7 Å². The lowest BCUT2D eigenvalue weighted by molar-refractivity contribution is 0.0690. The Balaban J connectivity index is 1.78. The van der Waals surface area contributed by atoms with E-state index in [0.29, 0.717) is 5.65 Å². The second-order valence-corrected chi connectivity index (χ2v) is 6.83. The van der Waals surface area contributed by atoms with Gasteiger partial charge < -0.3 is 5.11 Å². The summed E-state index contributed by atoms with van der Waals surface area (Å²) >= 11 is 7.51. The smallest absolute Gasteiger partial charge is 0.356 e. The zero-order valence-corrected chi connectivity index (χ0v) is 13.8. The normalized spacial score (nSPS) is 11.0. The van der Waals surface area contributed by atoms with Crippen molar-refractivity contribution < 1.29 is 9.90 Å². The Bertz CT molecular complexity index is 1050. The summed E-state index contributed by atoms with van der Waals surface area (Å²) in [5, 5.41) is 13.2. The van der Waals surface area contributed by atoms with Gasteiger partial charge in [0.1, 0.15) is 0 Å². The van der Waals surface area contributed by atoms with Gasteiger partial charge >= 0.3 is 5.97 Å². The van der Waals surface area contributed by atoms with Crippen molar-refractivity contribution in [2.24, 2.45) is 0 Å². The predicted octanol–water partition coefficient (Wildman–Crippen LogP) is 4.48. The maximum Gasteiger partial charge on any atom is 0.356 e. The van der Waals surface area contributed by atoms with Crippen LogP contribution in [0.3, 0.4) is 0 Å². The van der Waals surface area contributed by atoms with E-state index < -0.39 is 5.97 Å². The minimum Gasteiger partial charge on any atom is -0.476 e. The van der Waals surface area contributed by atoms with E-state index in [4.69, 9.17) is 16.7 Å². The van der Waals surface area contributed by atoms with E-state index in [9.17, 15) is 4.79 Å². The van der Waals surface area contributed by atoms with E-state index >= 15 is 0 Å². The molecule has 0 atom stereocenters. The summed E-state index contributed by atoms with van der Waals surface area (Å²) in [5.74, 6) is -1.07. The zero-order valence-electron chi connectivity index (χ0n) is 12.2. The maximum absolute atomic E-state index is 11.1. The summed E-state index contributed by atoms with van der Waals surface area (Å²) in [7, 11) is 0. The molecule has 0 bridgehead atoms. The molecule has 0 aliphatic rings. The van der Waals surface area contributed by atoms with Crippen molar-refractivity contribution in [1.82, 2.24) is 14.6 Å². The van der Waals surface area contributed by atoms with Gasteiger partial charge in [0.15, 0.2) is 11.3 Å². The number of rotatable bonds is 3. The van der Waals surface area contributed by atoms with Crippen LogP contribution in [0.5, 0.6) is 0 Å². The van der Waals surface area contributed by atoms with Crippen molar-refractivity contribution in [3.8, 4) is 21.7 Å². The Labute approximate surface area is 145 Å². The van der Waals surface area contributed by atoms with Crippen LogP contribution >= 0.6 is 22.9 Å². The molecule has 4 aromatic rings. The van der Waals surface area contributed by atoms with Gasteiger partial charge in [-0.25, -0.2) is 14.3 Å². The van der Waals surface area contributed by atoms with Crippen molar-refractivity contribution in [3.63, 3.8) is 0 Å². The van der Waals surface area contributed by atoms with Gasteiger partial charge in [-0.3, -0.25) is 0 Å². The van der Waals surface area contributed by atoms with Crippen molar-refractivity contribution in [2.75, 3.05) is 0 Å². The van der Waals surface area contributed by atoms with Crippen LogP contribution < -0.4 is 0 Å². The summed E-state index contributed by atoms with van der Waals surface area (Å²) in [6.07, 6.45) is 1.64. The average Bonchev–Trinajstić information content (AvgIpc) is 3.21. The molecule has 0 unspecified atom stereocenters. The van der Waals surface area contributed by atoms with Crippen molar-refractivity contribution in [2.45, 2.75) is 0 Å². The first-order valence-electron chi connectivity index (χ1n) is 7.06. The molecule has 5 nitrogen and oxygen atoms in total. The van der Waals surface area contributed by atoms with E-state index in [2.05, 4.69) is 10.1 Å². The summed E-state index contributed by atoms with van der Waals surface area (Å²) in [6.45, 7) is 0. The van der Waals surface area contributed by atoms with Crippen LogP contribution in [0.25, 0.3) is 27.3 Å². The molecular weight excluding hydrogens is 346 g/mol. The monoisotopic (exact) mass is 355 g/mol. The summed E-state index contributed by atoms with van der Waals surface area (Å²) < 4.78 is 2.29. The number of hydrogen-bond donors (Lipinski definition) is 1. The Morgan fingerprint density at radius 2 is 1.83 bits per heavy atom. The highest BCUT2D eigenvalue weighted by molar-refractivity contribution is 7.19. The fraction of sp³-hybridized carbons (Fsp3) is 0. The second kappa shape index (κ2) is 5.74. The highest BCUT2D eigenvalue weighted by atomic mass is 35.5. The van der Waals surface area contributed by atoms with E-state index in [1.165, 1.54) is 17.4 Å². The number of halogens is 1. The first kappa shape index (κ1) is 14.9. The van der Waals surface area contributed by atoms with Crippen molar-refractivity contribution in [3.05, 3.63) is 64.8 Å². The molecule has 0 saturated carbocycles. The zero-order chi connectivity index (χ0) is 16.7. The number of aromatic carboxylic acids is 1. The minimum atomic E-state index is -1.07. The van der Waals surface area contributed by atoms with E-state index in [-0.39, 0.29) is 5.69 Å². The molecule has 0 aliphatic carbocycles. The van der Waals surface area contributed by atoms with Gasteiger partial charge in [0.05, 0.1) is 10.0 Å². The molecule has 3 heterocycles. The molecule has 24 heavy (non-hydrogen) atoms. The number of carboxylic acid groups (broad SMARTS) is 1. The van der Waals surface area contributed by atoms with Crippen LogP contribution in [0.1, 0.15) is 10.5 Å². The van der Waals surface area contributed by atoms with Gasteiger partial charge in [-0.05, 0) is 23.8 Å². The first-order chi connectivity index (χ1) is 11.6. The van der Waals surface area contributed by atoms with Crippen molar-refractivity contribution in [1.29, 1.82) is 0 Å². The molecule has 0 amide bonds. The van der Waals surface area contributed by atoms with Gasteiger partial charge in [0.25, 0.3) is 0 Å². The van der Waals surface area contributed by atoms with Crippen LogP contribution in [0.2, 0.25) is 4.34 Å². The minimum absolute atomic E-state index is 0.0280. The van der Waals surface area contributed by atoms with E-state index in [0.717, 1.165) is 26.0 Å². The van der Waals surface area contributed by atoms with Gasteiger partial charge in [-0.1, -0.05) is 35.9 Å². The standard InChI is InChI=1S/C17H10ClN3O2S/c18-15-6-5-14(24-15)11-3-1-10(2-4-11)13-7-8-19-16-9-12(17(22)23)20-21(13)16/h1-9H,(H,22,23). The summed E-state index contributed by atoms with van der Waals surface area (Å²) in [4.78, 5) is 16.4. The number of benzene rings is 1. The van der Waals surface area contributed by atoms with Crippen LogP contribution in [0.4, 0.5) is 0 Å². The fourth-order valence-electron chi connectivity index (χ4n) is 2.49. The van der Waals surface area contributed by atoms with Gasteiger partial charge in [0.2, 0.25) is 0 Å². The fourth-order valence-corrected chi connectivity index (χ4v) is 3.54. The van der Waals surface area contributed by atoms with Gasteiger partial charge in [-0.2, -0.15) is 5.10 Å². The number of aromatic nitrogens is 3. The van der Waals surface area contributed by atoms with Crippen LogP contribution in [0, 0.1) is 0 Å². The molecule has 3 aromatic heterocycles. The third-order valence-corrected chi connectivity index (χ3v) is 4.90. The molecule has 1 N–H and O–H groups in total. The first-order valence-corrected chi connectivity index (χ1v) is 8.25. The Kier molecular flexibility index (Phi) is 3.55. The SMILES string of the molecule is O=C(O)c1cc2nccc(-c3ccc(-c4ccc(Cl)s4)cc3)n2n1. The second-order valence-electron chi connectivity index (χ2n) is 5.12. The number of thiophene rings is 1. The number of hydrogen-bond acceptors (Lipinski definition) is 4. The molecule has 118 valence electrons. The van der Waals surface area contributed by atoms with Crippen LogP contribution in [-0.2, 0) is 0 Å². The van der Waals surface area contributed by atoms with E-state index in [1.54, 1.807) is 10.7 Å². The molecule has 1 aromatic carbocycles. The molecule has 0 radical (unpaired) electrons. The quantitative estimate of drug-likeness (QED) is 0.588.